The molecule has 0 aromatic heterocycles. The molecule has 0 saturated heterocycles. The van der Waals surface area contributed by atoms with Crippen LogP contribution in [-0.2, 0) is 10.1 Å². The van der Waals surface area contributed by atoms with E-state index in [0.717, 1.165) is 11.1 Å². The van der Waals surface area contributed by atoms with Crippen LogP contribution in [0.2, 0.25) is 10.0 Å². The van der Waals surface area contributed by atoms with Gasteiger partial charge < -0.3 is 8.92 Å². The van der Waals surface area contributed by atoms with E-state index in [1.807, 2.05) is 13.0 Å². The zero-order valence-electron chi connectivity index (χ0n) is 12.2. The molecule has 0 amide bonds. The SMILES string of the molecule is COc1c(S(=O)(=O)Oc2cccc(C)c2C)ccc(Cl)c1Cl. The predicted octanol–water partition coefficient (Wildman–Crippen LogP) is 4.39. The number of ether oxygens (including phenoxy) is 1. The van der Waals surface area contributed by atoms with Crippen molar-refractivity contribution in [3.05, 3.63) is 51.5 Å². The molecule has 0 aliphatic carbocycles. The fourth-order valence-corrected chi connectivity index (χ4v) is 3.48. The largest absolute Gasteiger partial charge is 0.494 e. The van der Waals surface area contributed by atoms with Crippen molar-refractivity contribution in [2.75, 3.05) is 7.11 Å². The van der Waals surface area contributed by atoms with Gasteiger partial charge in [-0.2, -0.15) is 8.42 Å². The van der Waals surface area contributed by atoms with Crippen molar-refractivity contribution in [2.24, 2.45) is 0 Å². The van der Waals surface area contributed by atoms with Crippen LogP contribution >= 0.6 is 23.2 Å². The first-order chi connectivity index (χ1) is 10.3. The quantitative estimate of drug-likeness (QED) is 0.758. The highest BCUT2D eigenvalue weighted by Gasteiger charge is 2.25. The van der Waals surface area contributed by atoms with E-state index in [1.165, 1.54) is 19.2 Å². The molecule has 4 nitrogen and oxygen atoms in total. The molecule has 0 bridgehead atoms. The Bertz CT molecular complexity index is 817. The molecule has 0 N–H and O–H groups in total. The van der Waals surface area contributed by atoms with Crippen molar-refractivity contribution in [2.45, 2.75) is 18.7 Å². The minimum Gasteiger partial charge on any atom is -0.494 e. The average molecular weight is 361 g/mol. The standard InChI is InChI=1S/C15H14Cl2O4S/c1-9-5-4-6-12(10(9)2)21-22(18,19)13-8-7-11(16)14(17)15(13)20-3/h4-8H,1-3H3. The van der Waals surface area contributed by atoms with E-state index in [1.54, 1.807) is 19.1 Å². The molecule has 0 aliphatic heterocycles. The van der Waals surface area contributed by atoms with Gasteiger partial charge in [-0.1, -0.05) is 35.3 Å². The third-order valence-electron chi connectivity index (χ3n) is 3.24. The van der Waals surface area contributed by atoms with E-state index in [2.05, 4.69) is 0 Å². The Morgan fingerprint density at radius 3 is 2.36 bits per heavy atom. The summed E-state index contributed by atoms with van der Waals surface area (Å²) in [6, 6.07) is 7.86. The monoisotopic (exact) mass is 360 g/mol. The van der Waals surface area contributed by atoms with Crippen LogP contribution in [0.15, 0.2) is 35.2 Å². The molecule has 22 heavy (non-hydrogen) atoms. The molecule has 0 aliphatic rings. The van der Waals surface area contributed by atoms with Gasteiger partial charge in [0.1, 0.15) is 15.7 Å². The summed E-state index contributed by atoms with van der Waals surface area (Å²) >= 11 is 11.9. The van der Waals surface area contributed by atoms with E-state index < -0.39 is 10.1 Å². The summed E-state index contributed by atoms with van der Waals surface area (Å²) in [6.07, 6.45) is 0. The highest BCUT2D eigenvalue weighted by atomic mass is 35.5. The van der Waals surface area contributed by atoms with Gasteiger partial charge in [0.25, 0.3) is 0 Å². The van der Waals surface area contributed by atoms with Crippen LogP contribution < -0.4 is 8.92 Å². The average Bonchev–Trinajstić information content (AvgIpc) is 2.46. The van der Waals surface area contributed by atoms with Crippen LogP contribution in [0.4, 0.5) is 0 Å². The molecule has 0 spiro atoms. The number of hydrogen-bond acceptors (Lipinski definition) is 4. The van der Waals surface area contributed by atoms with Gasteiger partial charge in [0.2, 0.25) is 0 Å². The summed E-state index contributed by atoms with van der Waals surface area (Å²) in [5, 5.41) is 0.221. The number of halogens is 2. The van der Waals surface area contributed by atoms with Gasteiger partial charge in [0.05, 0.1) is 12.1 Å². The zero-order chi connectivity index (χ0) is 16.5. The number of methoxy groups -OCH3 is 1. The summed E-state index contributed by atoms with van der Waals surface area (Å²) < 4.78 is 35.3. The topological polar surface area (TPSA) is 52.6 Å². The molecule has 0 atom stereocenters. The number of aryl methyl sites for hydroxylation is 1. The van der Waals surface area contributed by atoms with Gasteiger partial charge in [-0.3, -0.25) is 0 Å². The summed E-state index contributed by atoms with van der Waals surface area (Å²) in [7, 11) is -2.79. The Labute approximate surface area is 139 Å². The van der Waals surface area contributed by atoms with Crippen LogP contribution in [0.25, 0.3) is 0 Å². The van der Waals surface area contributed by atoms with Crippen LogP contribution in [0.3, 0.4) is 0 Å². The lowest BCUT2D eigenvalue weighted by atomic mass is 10.1. The smallest absolute Gasteiger partial charge is 0.343 e. The molecule has 2 aromatic rings. The number of rotatable bonds is 4. The molecular weight excluding hydrogens is 347 g/mol. The zero-order valence-corrected chi connectivity index (χ0v) is 14.5. The Hall–Kier alpha value is -1.43. The Morgan fingerprint density at radius 1 is 1.05 bits per heavy atom. The van der Waals surface area contributed by atoms with E-state index >= 15 is 0 Å². The maximum Gasteiger partial charge on any atom is 0.343 e. The first kappa shape index (κ1) is 16.9. The molecule has 0 heterocycles. The second-order valence-corrected chi connectivity index (χ2v) is 6.93. The third kappa shape index (κ3) is 3.16. The molecule has 118 valence electrons. The van der Waals surface area contributed by atoms with Gasteiger partial charge in [0.15, 0.2) is 5.75 Å². The van der Waals surface area contributed by atoms with Crippen LogP contribution in [0, 0.1) is 13.8 Å². The van der Waals surface area contributed by atoms with Crippen LogP contribution in [-0.4, -0.2) is 15.5 Å². The normalized spacial score (nSPS) is 11.3. The summed E-state index contributed by atoms with van der Waals surface area (Å²) in [5.41, 5.74) is 1.67. The highest BCUT2D eigenvalue weighted by Crippen LogP contribution is 2.38. The fourth-order valence-electron chi connectivity index (χ4n) is 1.88. The van der Waals surface area contributed by atoms with Crippen LogP contribution in [0.1, 0.15) is 11.1 Å². The molecule has 7 heteroatoms. The number of hydrogen-bond donors (Lipinski definition) is 0. The van der Waals surface area contributed by atoms with Crippen LogP contribution in [0.5, 0.6) is 11.5 Å². The Kier molecular flexibility index (Phi) is 4.90. The second kappa shape index (κ2) is 6.36. The first-order valence-electron chi connectivity index (χ1n) is 6.30. The van der Waals surface area contributed by atoms with E-state index in [-0.39, 0.29) is 26.4 Å². The first-order valence-corrected chi connectivity index (χ1v) is 8.47. The molecule has 0 unspecified atom stereocenters. The third-order valence-corrected chi connectivity index (χ3v) is 5.29. The van der Waals surface area contributed by atoms with Crippen molar-refractivity contribution in [3.8, 4) is 11.5 Å². The molecule has 0 radical (unpaired) electrons. The van der Waals surface area contributed by atoms with Gasteiger partial charge in [-0.25, -0.2) is 0 Å². The van der Waals surface area contributed by atoms with E-state index in [9.17, 15) is 8.42 Å². The van der Waals surface area contributed by atoms with Gasteiger partial charge in [-0.15, -0.1) is 0 Å². The Morgan fingerprint density at radius 2 is 1.73 bits per heavy atom. The minimum atomic E-state index is -4.10. The van der Waals surface area contributed by atoms with Crippen molar-refractivity contribution >= 4 is 33.3 Å². The van der Waals surface area contributed by atoms with Gasteiger partial charge in [0, 0.05) is 0 Å². The van der Waals surface area contributed by atoms with Gasteiger partial charge >= 0.3 is 10.1 Å². The van der Waals surface area contributed by atoms with Gasteiger partial charge in [-0.05, 0) is 43.2 Å². The second-order valence-electron chi connectivity index (χ2n) is 4.63. The lowest BCUT2D eigenvalue weighted by molar-refractivity contribution is 0.398. The minimum absolute atomic E-state index is 0.0230. The Balaban J connectivity index is 2.52. The van der Waals surface area contributed by atoms with E-state index in [0.29, 0.717) is 0 Å². The summed E-state index contributed by atoms with van der Waals surface area (Å²) in [4.78, 5) is -0.176. The van der Waals surface area contributed by atoms with E-state index in [4.69, 9.17) is 32.1 Å². The van der Waals surface area contributed by atoms with Crippen molar-refractivity contribution < 1.29 is 17.3 Å². The molecule has 0 fully saturated rings. The van der Waals surface area contributed by atoms with Crippen molar-refractivity contribution in [3.63, 3.8) is 0 Å². The molecule has 2 aromatic carbocycles. The fraction of sp³-hybridized carbons (Fsp3) is 0.200. The maximum atomic E-state index is 12.5. The highest BCUT2D eigenvalue weighted by molar-refractivity contribution is 7.87. The summed E-state index contributed by atoms with van der Waals surface area (Å²) in [5.74, 6) is 0.215. The predicted molar refractivity (Wildman–Crippen MR) is 86.7 cm³/mol. The van der Waals surface area contributed by atoms with Crippen molar-refractivity contribution in [1.29, 1.82) is 0 Å². The molecule has 0 saturated carbocycles. The lowest BCUT2D eigenvalue weighted by Gasteiger charge is -2.14. The molecular formula is C15H14Cl2O4S. The molecule has 2 rings (SSSR count). The maximum absolute atomic E-state index is 12.5. The summed E-state index contributed by atoms with van der Waals surface area (Å²) in [6.45, 7) is 3.65. The lowest BCUT2D eigenvalue weighted by Crippen LogP contribution is -2.12. The number of benzene rings is 2. The van der Waals surface area contributed by atoms with Crippen molar-refractivity contribution in [1.82, 2.24) is 0 Å².